The van der Waals surface area contributed by atoms with Gasteiger partial charge in [0.25, 0.3) is 0 Å². The fraction of sp³-hybridized carbons (Fsp3) is 0.250. The topological polar surface area (TPSA) is 65.7 Å². The number of para-hydroxylation sites is 1. The van der Waals surface area contributed by atoms with Gasteiger partial charge in [-0.1, -0.05) is 18.2 Å². The number of carbonyl (C=O) groups is 1. The Hall–Kier alpha value is -2.56. The van der Waals surface area contributed by atoms with Crippen LogP contribution in [0.3, 0.4) is 0 Å². The van der Waals surface area contributed by atoms with E-state index in [1.165, 1.54) is 6.07 Å². The molecule has 0 unspecified atom stereocenters. The molecule has 0 bridgehead atoms. The molecule has 5 heteroatoms. The van der Waals surface area contributed by atoms with Crippen molar-refractivity contribution in [2.45, 2.75) is 20.5 Å². The van der Waals surface area contributed by atoms with Crippen molar-refractivity contribution in [3.8, 4) is 5.75 Å². The van der Waals surface area contributed by atoms with Gasteiger partial charge in [0, 0.05) is 11.6 Å². The van der Waals surface area contributed by atoms with Crippen molar-refractivity contribution < 1.29 is 18.7 Å². The number of hydrogen-bond acceptors (Lipinski definition) is 5. The molecule has 1 aromatic heterocycles. The number of esters is 1. The minimum absolute atomic E-state index is 0.0842. The summed E-state index contributed by atoms with van der Waals surface area (Å²) in [6.45, 7) is 3.32. The molecule has 1 aromatic carbocycles. The molecule has 1 heterocycles. The summed E-state index contributed by atoms with van der Waals surface area (Å²) in [4.78, 5) is 23.4. The second-order valence-corrected chi connectivity index (χ2v) is 4.57. The van der Waals surface area contributed by atoms with E-state index in [4.69, 9.17) is 13.9 Å². The highest BCUT2D eigenvalue weighted by Gasteiger charge is 2.17. The Morgan fingerprint density at radius 3 is 2.62 bits per heavy atom. The van der Waals surface area contributed by atoms with Crippen molar-refractivity contribution in [2.24, 2.45) is 0 Å². The van der Waals surface area contributed by atoms with Crippen molar-refractivity contribution in [1.29, 1.82) is 0 Å². The van der Waals surface area contributed by atoms with Crippen LogP contribution in [0.5, 0.6) is 5.75 Å². The molecule has 0 spiro atoms. The van der Waals surface area contributed by atoms with Gasteiger partial charge < -0.3 is 13.9 Å². The van der Waals surface area contributed by atoms with Crippen molar-refractivity contribution >= 4 is 5.97 Å². The van der Waals surface area contributed by atoms with Gasteiger partial charge in [-0.05, 0) is 25.5 Å². The van der Waals surface area contributed by atoms with Gasteiger partial charge in [0.05, 0.1) is 7.11 Å². The van der Waals surface area contributed by atoms with E-state index in [0.29, 0.717) is 11.3 Å². The van der Waals surface area contributed by atoms with Crippen LogP contribution in [0.25, 0.3) is 0 Å². The predicted octanol–water partition coefficient (Wildman–Crippen LogP) is 2.62. The van der Waals surface area contributed by atoms with E-state index in [1.807, 2.05) is 18.2 Å². The molecule has 0 amide bonds. The molecule has 0 radical (unpaired) electrons. The average molecular weight is 288 g/mol. The number of methoxy groups -OCH3 is 1. The molecule has 2 rings (SSSR count). The van der Waals surface area contributed by atoms with Gasteiger partial charge in [-0.3, -0.25) is 0 Å². The molecule has 5 nitrogen and oxygen atoms in total. The molecule has 0 aliphatic heterocycles. The second-order valence-electron chi connectivity index (χ2n) is 4.57. The summed E-state index contributed by atoms with van der Waals surface area (Å²) < 4.78 is 15.4. The van der Waals surface area contributed by atoms with Gasteiger partial charge in [-0.25, -0.2) is 9.59 Å². The zero-order chi connectivity index (χ0) is 15.4. The van der Waals surface area contributed by atoms with Crippen LogP contribution in [0, 0.1) is 13.8 Å². The van der Waals surface area contributed by atoms with E-state index in [1.54, 1.807) is 27.0 Å². The summed E-state index contributed by atoms with van der Waals surface area (Å²) >= 11 is 0. The van der Waals surface area contributed by atoms with Crippen LogP contribution in [-0.4, -0.2) is 13.1 Å². The molecule has 0 N–H and O–H groups in total. The highest BCUT2D eigenvalue weighted by Crippen LogP contribution is 2.19. The summed E-state index contributed by atoms with van der Waals surface area (Å²) in [5, 5.41) is 0. The van der Waals surface area contributed by atoms with Crippen LogP contribution in [0.2, 0.25) is 0 Å². The van der Waals surface area contributed by atoms with E-state index in [0.717, 1.165) is 5.56 Å². The van der Waals surface area contributed by atoms with Gasteiger partial charge in [0.2, 0.25) is 0 Å². The predicted molar refractivity (Wildman–Crippen MR) is 76.6 cm³/mol. The third-order valence-corrected chi connectivity index (χ3v) is 3.09. The Labute approximate surface area is 122 Å². The Morgan fingerprint density at radius 1 is 1.24 bits per heavy atom. The standard InChI is InChI=1S/C16H16O5/c1-10-8-14(17)21-11(2)15(10)16(18)20-9-12-6-4-5-7-13(12)19-3/h4-8H,9H2,1-3H3. The molecule has 0 aliphatic carbocycles. The summed E-state index contributed by atoms with van der Waals surface area (Å²) in [5.74, 6) is 0.378. The summed E-state index contributed by atoms with van der Waals surface area (Å²) in [7, 11) is 1.56. The Balaban J connectivity index is 2.18. The SMILES string of the molecule is COc1ccccc1COC(=O)c1c(C)cc(=O)oc1C. The minimum Gasteiger partial charge on any atom is -0.496 e. The third kappa shape index (κ3) is 3.31. The van der Waals surface area contributed by atoms with Gasteiger partial charge in [-0.15, -0.1) is 0 Å². The van der Waals surface area contributed by atoms with E-state index in [9.17, 15) is 9.59 Å². The van der Waals surface area contributed by atoms with Crippen LogP contribution in [0.4, 0.5) is 0 Å². The maximum Gasteiger partial charge on any atom is 0.342 e. The first kappa shape index (κ1) is 14.8. The average Bonchev–Trinajstić information content (AvgIpc) is 2.44. The normalized spacial score (nSPS) is 10.2. The van der Waals surface area contributed by atoms with Gasteiger partial charge in [-0.2, -0.15) is 0 Å². The summed E-state index contributed by atoms with van der Waals surface area (Å²) in [5.41, 5.74) is 1.10. The smallest absolute Gasteiger partial charge is 0.342 e. The van der Waals surface area contributed by atoms with Crippen LogP contribution in [0.1, 0.15) is 27.2 Å². The van der Waals surface area contributed by atoms with Gasteiger partial charge in [0.15, 0.2) is 0 Å². The maximum atomic E-state index is 12.1. The Kier molecular flexibility index (Phi) is 4.42. The van der Waals surface area contributed by atoms with Crippen molar-refractivity contribution in [3.63, 3.8) is 0 Å². The summed E-state index contributed by atoms with van der Waals surface area (Å²) in [6.07, 6.45) is 0. The molecule has 0 fully saturated rings. The van der Waals surface area contributed by atoms with E-state index in [-0.39, 0.29) is 17.9 Å². The third-order valence-electron chi connectivity index (χ3n) is 3.09. The van der Waals surface area contributed by atoms with Gasteiger partial charge in [0.1, 0.15) is 23.7 Å². The lowest BCUT2D eigenvalue weighted by Gasteiger charge is -2.10. The van der Waals surface area contributed by atoms with Gasteiger partial charge >= 0.3 is 11.6 Å². The molecule has 21 heavy (non-hydrogen) atoms. The number of benzene rings is 1. The Bertz CT molecular complexity index is 689. The zero-order valence-corrected chi connectivity index (χ0v) is 12.1. The summed E-state index contributed by atoms with van der Waals surface area (Å²) in [6, 6.07) is 8.55. The Morgan fingerprint density at radius 2 is 1.95 bits per heavy atom. The first-order chi connectivity index (χ1) is 10.0. The second kappa shape index (κ2) is 6.26. The maximum absolute atomic E-state index is 12.1. The number of aryl methyl sites for hydroxylation is 2. The lowest BCUT2D eigenvalue weighted by Crippen LogP contribution is -2.13. The minimum atomic E-state index is -0.528. The number of hydrogen-bond donors (Lipinski definition) is 0. The number of carbonyl (C=O) groups excluding carboxylic acids is 1. The van der Waals surface area contributed by atoms with Crippen LogP contribution < -0.4 is 10.4 Å². The van der Waals surface area contributed by atoms with Crippen molar-refractivity contribution in [2.75, 3.05) is 7.11 Å². The molecule has 0 saturated heterocycles. The van der Waals surface area contributed by atoms with Crippen LogP contribution >= 0.6 is 0 Å². The molecule has 110 valence electrons. The van der Waals surface area contributed by atoms with Crippen LogP contribution in [0.15, 0.2) is 39.5 Å². The molecule has 0 aliphatic rings. The lowest BCUT2D eigenvalue weighted by molar-refractivity contribution is 0.0464. The van der Waals surface area contributed by atoms with Crippen LogP contribution in [-0.2, 0) is 11.3 Å². The largest absolute Gasteiger partial charge is 0.496 e. The van der Waals surface area contributed by atoms with E-state index >= 15 is 0 Å². The van der Waals surface area contributed by atoms with Crippen molar-refractivity contribution in [3.05, 3.63) is 63.2 Å². The van der Waals surface area contributed by atoms with Crippen molar-refractivity contribution in [1.82, 2.24) is 0 Å². The lowest BCUT2D eigenvalue weighted by atomic mass is 10.1. The fourth-order valence-corrected chi connectivity index (χ4v) is 2.10. The number of ether oxygens (including phenoxy) is 2. The van der Waals surface area contributed by atoms with E-state index in [2.05, 4.69) is 0 Å². The molecule has 2 aromatic rings. The zero-order valence-electron chi connectivity index (χ0n) is 12.1. The molecular weight excluding hydrogens is 272 g/mol. The van der Waals surface area contributed by atoms with E-state index < -0.39 is 11.6 Å². The highest BCUT2D eigenvalue weighted by molar-refractivity contribution is 5.91. The fourth-order valence-electron chi connectivity index (χ4n) is 2.10. The highest BCUT2D eigenvalue weighted by atomic mass is 16.5. The monoisotopic (exact) mass is 288 g/mol. The molecule has 0 saturated carbocycles. The first-order valence-corrected chi connectivity index (χ1v) is 6.43. The first-order valence-electron chi connectivity index (χ1n) is 6.43. The number of rotatable bonds is 4. The molecular formula is C16H16O5. The quantitative estimate of drug-likeness (QED) is 0.809. The molecule has 0 atom stereocenters.